The van der Waals surface area contributed by atoms with E-state index in [9.17, 15) is 9.59 Å². The van der Waals surface area contributed by atoms with Gasteiger partial charge in [0.05, 0.1) is 29.3 Å². The Kier molecular flexibility index (Phi) is 6.92. The third-order valence-electron chi connectivity index (χ3n) is 5.02. The number of amides is 1. The predicted molar refractivity (Wildman–Crippen MR) is 122 cm³/mol. The van der Waals surface area contributed by atoms with E-state index in [1.807, 2.05) is 32.0 Å². The zero-order valence-electron chi connectivity index (χ0n) is 18.7. The van der Waals surface area contributed by atoms with Gasteiger partial charge in [0.2, 0.25) is 5.91 Å². The molecular weight excluding hydrogens is 398 g/mol. The molecule has 164 valence electrons. The molecule has 30 heavy (non-hydrogen) atoms. The summed E-state index contributed by atoms with van der Waals surface area (Å²) in [5.74, 6) is 0.157. The van der Waals surface area contributed by atoms with Gasteiger partial charge in [-0.1, -0.05) is 44.7 Å². The first kappa shape index (κ1) is 22.8. The molecule has 1 saturated heterocycles. The monoisotopic (exact) mass is 431 g/mol. The van der Waals surface area contributed by atoms with Gasteiger partial charge in [-0.2, -0.15) is 0 Å². The van der Waals surface area contributed by atoms with E-state index in [0.717, 1.165) is 25.9 Å². The summed E-state index contributed by atoms with van der Waals surface area (Å²) in [6, 6.07) is 7.35. The van der Waals surface area contributed by atoms with Crippen molar-refractivity contribution in [3.63, 3.8) is 0 Å². The zero-order chi connectivity index (χ0) is 21.9. The van der Waals surface area contributed by atoms with Gasteiger partial charge < -0.3 is 10.1 Å². The summed E-state index contributed by atoms with van der Waals surface area (Å²) in [4.78, 5) is 30.5. The van der Waals surface area contributed by atoms with Crippen LogP contribution in [0.2, 0.25) is 0 Å². The molecule has 1 N–H and O–H groups in total. The van der Waals surface area contributed by atoms with Crippen molar-refractivity contribution in [2.45, 2.75) is 77.2 Å². The van der Waals surface area contributed by atoms with Crippen molar-refractivity contribution in [2.24, 2.45) is 5.41 Å². The molecule has 1 aliphatic heterocycles. The number of carbonyl (C=O) groups excluding carboxylic acids is 1. The highest BCUT2D eigenvalue weighted by Crippen LogP contribution is 2.27. The molecule has 1 aromatic heterocycles. The SMILES string of the molecule is CC(C)(C)CC(C)(C)NC(=O)CSc1nc2ccccc2c(=O)n1C[C@@H]1CCCO1. The molecule has 1 amide bonds. The molecule has 1 aliphatic rings. The lowest BCUT2D eigenvalue weighted by atomic mass is 9.82. The van der Waals surface area contributed by atoms with Crippen molar-refractivity contribution < 1.29 is 9.53 Å². The Morgan fingerprint density at radius 1 is 1.27 bits per heavy atom. The Balaban J connectivity index is 1.78. The van der Waals surface area contributed by atoms with E-state index in [-0.39, 0.29) is 34.3 Å². The Labute approximate surface area is 182 Å². The van der Waals surface area contributed by atoms with Crippen LogP contribution in [0.1, 0.15) is 53.9 Å². The average Bonchev–Trinajstić information content (AvgIpc) is 3.13. The third-order valence-corrected chi connectivity index (χ3v) is 6.00. The maximum absolute atomic E-state index is 13.1. The molecule has 1 fully saturated rings. The van der Waals surface area contributed by atoms with Crippen LogP contribution in [0.5, 0.6) is 0 Å². The van der Waals surface area contributed by atoms with Gasteiger partial charge in [0.1, 0.15) is 0 Å². The van der Waals surface area contributed by atoms with Crippen LogP contribution in [0.3, 0.4) is 0 Å². The van der Waals surface area contributed by atoms with Gasteiger partial charge in [-0.3, -0.25) is 14.2 Å². The van der Waals surface area contributed by atoms with E-state index in [4.69, 9.17) is 9.72 Å². The smallest absolute Gasteiger partial charge is 0.262 e. The van der Waals surface area contributed by atoms with E-state index >= 15 is 0 Å². The fourth-order valence-corrected chi connectivity index (χ4v) is 5.13. The highest BCUT2D eigenvalue weighted by molar-refractivity contribution is 7.99. The Morgan fingerprint density at radius 2 is 2.00 bits per heavy atom. The molecule has 0 unspecified atom stereocenters. The van der Waals surface area contributed by atoms with Crippen molar-refractivity contribution in [3.8, 4) is 0 Å². The molecule has 6 nitrogen and oxygen atoms in total. The van der Waals surface area contributed by atoms with Crippen molar-refractivity contribution in [2.75, 3.05) is 12.4 Å². The minimum absolute atomic E-state index is 0.0181. The molecule has 3 rings (SSSR count). The maximum atomic E-state index is 13.1. The molecule has 0 bridgehead atoms. The first-order chi connectivity index (χ1) is 14.0. The van der Waals surface area contributed by atoms with Gasteiger partial charge in [-0.05, 0) is 50.7 Å². The molecule has 2 aromatic rings. The Hall–Kier alpha value is -1.86. The van der Waals surface area contributed by atoms with Crippen LogP contribution in [-0.2, 0) is 16.1 Å². The summed E-state index contributed by atoms with van der Waals surface area (Å²) < 4.78 is 7.42. The van der Waals surface area contributed by atoms with E-state index < -0.39 is 0 Å². The number of hydrogen-bond acceptors (Lipinski definition) is 5. The van der Waals surface area contributed by atoms with E-state index in [2.05, 4.69) is 26.1 Å². The summed E-state index contributed by atoms with van der Waals surface area (Å²) in [6.07, 6.45) is 2.83. The fourth-order valence-electron chi connectivity index (χ4n) is 4.32. The number of carbonyl (C=O) groups is 1. The van der Waals surface area contributed by atoms with Crippen LogP contribution in [0.4, 0.5) is 0 Å². The van der Waals surface area contributed by atoms with Gasteiger partial charge in [0.25, 0.3) is 5.56 Å². The van der Waals surface area contributed by atoms with E-state index in [1.165, 1.54) is 11.8 Å². The van der Waals surface area contributed by atoms with Gasteiger partial charge in [-0.15, -0.1) is 0 Å². The third kappa shape index (κ3) is 6.08. The van der Waals surface area contributed by atoms with Crippen LogP contribution in [0.25, 0.3) is 10.9 Å². The number of nitrogens with zero attached hydrogens (tertiary/aromatic N) is 2. The van der Waals surface area contributed by atoms with Crippen molar-refractivity contribution in [1.82, 2.24) is 14.9 Å². The molecule has 0 aliphatic carbocycles. The molecule has 2 heterocycles. The molecule has 1 atom stereocenters. The second-order valence-corrected chi connectivity index (χ2v) is 10.9. The predicted octanol–water partition coefficient (Wildman–Crippen LogP) is 4.00. The Bertz CT molecular complexity index is 956. The standard InChI is InChI=1S/C23H33N3O3S/c1-22(2,3)15-23(4,5)25-19(27)14-30-21-24-18-11-7-6-10-17(18)20(28)26(21)13-16-9-8-12-29-16/h6-7,10-11,16H,8-9,12-15H2,1-5H3,(H,25,27)/t16-/m0/s1. The van der Waals surface area contributed by atoms with Crippen LogP contribution in [0, 0.1) is 5.41 Å². The lowest BCUT2D eigenvalue weighted by molar-refractivity contribution is -0.120. The first-order valence-electron chi connectivity index (χ1n) is 10.6. The second kappa shape index (κ2) is 9.10. The zero-order valence-corrected chi connectivity index (χ0v) is 19.5. The van der Waals surface area contributed by atoms with Gasteiger partial charge in [-0.25, -0.2) is 4.98 Å². The Morgan fingerprint density at radius 3 is 2.67 bits per heavy atom. The molecule has 0 spiro atoms. The number of hydrogen-bond donors (Lipinski definition) is 1. The minimum atomic E-state index is -0.302. The van der Waals surface area contributed by atoms with Gasteiger partial charge >= 0.3 is 0 Å². The van der Waals surface area contributed by atoms with E-state index in [1.54, 1.807) is 10.6 Å². The normalized spacial score (nSPS) is 17.4. The minimum Gasteiger partial charge on any atom is -0.376 e. The number of benzene rings is 1. The quantitative estimate of drug-likeness (QED) is 0.530. The highest BCUT2D eigenvalue weighted by atomic mass is 32.2. The lowest BCUT2D eigenvalue weighted by Crippen LogP contribution is -2.46. The van der Waals surface area contributed by atoms with Crippen molar-refractivity contribution >= 4 is 28.6 Å². The fraction of sp³-hybridized carbons (Fsp3) is 0.609. The number of fused-ring (bicyclic) bond motifs is 1. The first-order valence-corrected chi connectivity index (χ1v) is 11.6. The molecule has 0 radical (unpaired) electrons. The number of aromatic nitrogens is 2. The number of para-hydroxylation sites is 1. The summed E-state index contributed by atoms with van der Waals surface area (Å²) in [5.41, 5.74) is 0.393. The summed E-state index contributed by atoms with van der Waals surface area (Å²) in [7, 11) is 0. The molecule has 0 saturated carbocycles. The summed E-state index contributed by atoms with van der Waals surface area (Å²) in [5, 5.41) is 4.29. The topological polar surface area (TPSA) is 73.2 Å². The number of nitrogens with one attached hydrogen (secondary N) is 1. The summed E-state index contributed by atoms with van der Waals surface area (Å²) in [6.45, 7) is 11.8. The van der Waals surface area contributed by atoms with Crippen LogP contribution in [-0.4, -0.2) is 39.5 Å². The van der Waals surface area contributed by atoms with Crippen LogP contribution >= 0.6 is 11.8 Å². The average molecular weight is 432 g/mol. The lowest BCUT2D eigenvalue weighted by Gasteiger charge is -2.33. The molecule has 7 heteroatoms. The van der Waals surface area contributed by atoms with Crippen molar-refractivity contribution in [3.05, 3.63) is 34.6 Å². The van der Waals surface area contributed by atoms with E-state index in [0.29, 0.717) is 22.6 Å². The number of rotatable bonds is 7. The number of ether oxygens (including phenoxy) is 1. The number of thioether (sulfide) groups is 1. The van der Waals surface area contributed by atoms with Gasteiger partial charge in [0, 0.05) is 12.1 Å². The van der Waals surface area contributed by atoms with Crippen LogP contribution < -0.4 is 10.9 Å². The summed E-state index contributed by atoms with van der Waals surface area (Å²) >= 11 is 1.31. The molecular formula is C23H33N3O3S. The highest BCUT2D eigenvalue weighted by Gasteiger charge is 2.27. The van der Waals surface area contributed by atoms with Gasteiger partial charge in [0.15, 0.2) is 5.16 Å². The second-order valence-electron chi connectivity index (χ2n) is 9.92. The van der Waals surface area contributed by atoms with Crippen LogP contribution in [0.15, 0.2) is 34.2 Å². The van der Waals surface area contributed by atoms with Crippen molar-refractivity contribution in [1.29, 1.82) is 0 Å². The molecule has 1 aromatic carbocycles. The maximum Gasteiger partial charge on any atom is 0.262 e. The largest absolute Gasteiger partial charge is 0.376 e.